The predicted molar refractivity (Wildman–Crippen MR) is 45.4 cm³/mol. The highest BCUT2D eigenvalue weighted by Crippen LogP contribution is 2.05. The Labute approximate surface area is 69.8 Å². The summed E-state index contributed by atoms with van der Waals surface area (Å²) in [5.41, 5.74) is 0. The highest BCUT2D eigenvalue weighted by Gasteiger charge is 2.21. The van der Waals surface area contributed by atoms with Gasteiger partial charge < -0.3 is 5.48 Å². The number of hydroxylamine groups is 3. The maximum atomic E-state index is 5.61. The Bertz CT molecular complexity index is 73.9. The first kappa shape index (κ1) is 13.5. The standard InChI is InChI=1S/C8H20NO.H2O/c1-5-9(6-2,7-3)10-8-4;/h5-8H2,1-4H3;1H2/q+1;/p-1. The fourth-order valence-electron chi connectivity index (χ4n) is 1.22. The fourth-order valence-corrected chi connectivity index (χ4v) is 1.22. The summed E-state index contributed by atoms with van der Waals surface area (Å²) >= 11 is 0. The molecule has 0 atom stereocenters. The van der Waals surface area contributed by atoms with Crippen LogP contribution in [0.15, 0.2) is 0 Å². The molecule has 0 aliphatic rings. The average molecular weight is 163 g/mol. The smallest absolute Gasteiger partial charge is 0.106 e. The van der Waals surface area contributed by atoms with Gasteiger partial charge >= 0.3 is 0 Å². The normalized spacial score (nSPS) is 10.9. The molecule has 0 spiro atoms. The fraction of sp³-hybridized carbons (Fsp3) is 1.00. The third kappa shape index (κ3) is 3.70. The molecule has 1 N–H and O–H groups in total. The van der Waals surface area contributed by atoms with Crippen LogP contribution in [0.5, 0.6) is 0 Å². The SMILES string of the molecule is CCO[N+](CC)(CC)CC.[OH-]. The van der Waals surface area contributed by atoms with Gasteiger partial charge in [-0.15, -0.1) is 0 Å². The van der Waals surface area contributed by atoms with Gasteiger partial charge in [-0.25, -0.2) is 4.84 Å². The van der Waals surface area contributed by atoms with Crippen molar-refractivity contribution in [1.29, 1.82) is 0 Å². The Balaban J connectivity index is 0. The van der Waals surface area contributed by atoms with Gasteiger partial charge in [-0.3, -0.25) is 0 Å². The lowest BCUT2D eigenvalue weighted by Crippen LogP contribution is -2.47. The maximum Gasteiger partial charge on any atom is 0.106 e. The van der Waals surface area contributed by atoms with Crippen molar-refractivity contribution in [3.8, 4) is 0 Å². The maximum absolute atomic E-state index is 5.61. The average Bonchev–Trinajstić information content (AvgIpc) is 2.01. The minimum atomic E-state index is 0. The van der Waals surface area contributed by atoms with E-state index in [1.54, 1.807) is 0 Å². The summed E-state index contributed by atoms with van der Waals surface area (Å²) in [6, 6.07) is 0. The molecule has 0 radical (unpaired) electrons. The molecule has 0 aromatic rings. The molecule has 0 aliphatic carbocycles. The van der Waals surface area contributed by atoms with Crippen molar-refractivity contribution in [3.63, 3.8) is 0 Å². The Kier molecular flexibility index (Phi) is 8.06. The molecule has 0 amide bonds. The summed E-state index contributed by atoms with van der Waals surface area (Å²) in [5.74, 6) is 0. The number of rotatable bonds is 5. The van der Waals surface area contributed by atoms with Crippen molar-refractivity contribution >= 4 is 0 Å². The van der Waals surface area contributed by atoms with Gasteiger partial charge in [-0.2, -0.15) is 4.65 Å². The van der Waals surface area contributed by atoms with Crippen LogP contribution in [0, 0.1) is 0 Å². The Hall–Kier alpha value is -0.120. The molecular formula is C8H21NO2. The Morgan fingerprint density at radius 1 is 0.909 bits per heavy atom. The Morgan fingerprint density at radius 2 is 1.27 bits per heavy atom. The van der Waals surface area contributed by atoms with Gasteiger partial charge in [0.2, 0.25) is 0 Å². The minimum Gasteiger partial charge on any atom is -0.870 e. The second-order valence-electron chi connectivity index (χ2n) is 2.42. The van der Waals surface area contributed by atoms with E-state index in [1.807, 2.05) is 6.92 Å². The van der Waals surface area contributed by atoms with E-state index >= 15 is 0 Å². The third-order valence-corrected chi connectivity index (χ3v) is 2.13. The van der Waals surface area contributed by atoms with Crippen LogP contribution in [-0.4, -0.2) is 36.4 Å². The van der Waals surface area contributed by atoms with Crippen molar-refractivity contribution < 1.29 is 15.0 Å². The van der Waals surface area contributed by atoms with Crippen molar-refractivity contribution in [1.82, 2.24) is 0 Å². The zero-order valence-corrected chi connectivity index (χ0v) is 8.13. The van der Waals surface area contributed by atoms with Crippen LogP contribution in [-0.2, 0) is 4.84 Å². The molecule has 0 fully saturated rings. The van der Waals surface area contributed by atoms with Gasteiger partial charge in [-0.05, 0) is 27.7 Å². The molecule has 0 saturated carbocycles. The lowest BCUT2D eigenvalue weighted by Gasteiger charge is -2.31. The molecule has 0 rings (SSSR count). The molecule has 0 aromatic carbocycles. The van der Waals surface area contributed by atoms with Gasteiger partial charge in [0.05, 0.1) is 0 Å². The van der Waals surface area contributed by atoms with Crippen LogP contribution >= 0.6 is 0 Å². The van der Waals surface area contributed by atoms with E-state index in [0.717, 1.165) is 30.9 Å². The van der Waals surface area contributed by atoms with Crippen molar-refractivity contribution in [2.75, 3.05) is 26.2 Å². The van der Waals surface area contributed by atoms with Gasteiger partial charge in [0.15, 0.2) is 0 Å². The van der Waals surface area contributed by atoms with Gasteiger partial charge in [0.25, 0.3) is 0 Å². The highest BCUT2D eigenvalue weighted by molar-refractivity contribution is 4.22. The third-order valence-electron chi connectivity index (χ3n) is 2.13. The van der Waals surface area contributed by atoms with E-state index in [1.165, 1.54) is 0 Å². The van der Waals surface area contributed by atoms with Crippen molar-refractivity contribution in [2.45, 2.75) is 27.7 Å². The lowest BCUT2D eigenvalue weighted by atomic mass is 10.5. The summed E-state index contributed by atoms with van der Waals surface area (Å²) in [6.45, 7) is 12.6. The molecule has 0 heterocycles. The quantitative estimate of drug-likeness (QED) is 0.456. The van der Waals surface area contributed by atoms with Crippen molar-refractivity contribution in [2.24, 2.45) is 0 Å². The molecule has 0 unspecified atom stereocenters. The zero-order chi connectivity index (χ0) is 8.04. The first-order chi connectivity index (χ1) is 4.74. The summed E-state index contributed by atoms with van der Waals surface area (Å²) < 4.78 is 0.802. The number of hydrogen-bond acceptors (Lipinski definition) is 2. The number of quaternary nitrogens is 1. The molecule has 3 nitrogen and oxygen atoms in total. The molecule has 0 bridgehead atoms. The van der Waals surface area contributed by atoms with Crippen LogP contribution in [0.1, 0.15) is 27.7 Å². The summed E-state index contributed by atoms with van der Waals surface area (Å²) in [4.78, 5) is 5.61. The zero-order valence-electron chi connectivity index (χ0n) is 8.13. The second-order valence-corrected chi connectivity index (χ2v) is 2.42. The molecule has 11 heavy (non-hydrogen) atoms. The van der Waals surface area contributed by atoms with E-state index in [-0.39, 0.29) is 5.48 Å². The van der Waals surface area contributed by atoms with E-state index in [0.29, 0.717) is 0 Å². The molecule has 0 saturated heterocycles. The van der Waals surface area contributed by atoms with Crippen LogP contribution in [0.3, 0.4) is 0 Å². The monoisotopic (exact) mass is 163 g/mol. The molecule has 0 aromatic heterocycles. The van der Waals surface area contributed by atoms with Crippen LogP contribution in [0.2, 0.25) is 0 Å². The first-order valence-corrected chi connectivity index (χ1v) is 4.25. The second kappa shape index (κ2) is 6.58. The first-order valence-electron chi connectivity index (χ1n) is 4.25. The molecule has 70 valence electrons. The van der Waals surface area contributed by atoms with Crippen LogP contribution in [0.25, 0.3) is 0 Å². The minimum absolute atomic E-state index is 0. The summed E-state index contributed by atoms with van der Waals surface area (Å²) in [6.07, 6.45) is 0. The molecule has 0 aliphatic heterocycles. The highest BCUT2D eigenvalue weighted by atomic mass is 16.7. The van der Waals surface area contributed by atoms with Gasteiger partial charge in [0, 0.05) is 0 Å². The summed E-state index contributed by atoms with van der Waals surface area (Å²) in [5, 5.41) is 0. The van der Waals surface area contributed by atoms with E-state index in [9.17, 15) is 0 Å². The van der Waals surface area contributed by atoms with Crippen LogP contribution < -0.4 is 0 Å². The molecular weight excluding hydrogens is 142 g/mol. The van der Waals surface area contributed by atoms with Crippen LogP contribution in [0.4, 0.5) is 0 Å². The van der Waals surface area contributed by atoms with Gasteiger partial charge in [0.1, 0.15) is 26.2 Å². The predicted octanol–water partition coefficient (Wildman–Crippen LogP) is 1.64. The van der Waals surface area contributed by atoms with Gasteiger partial charge in [-0.1, -0.05) is 0 Å². The largest absolute Gasteiger partial charge is 0.870 e. The van der Waals surface area contributed by atoms with Crippen molar-refractivity contribution in [3.05, 3.63) is 0 Å². The topological polar surface area (TPSA) is 39.2 Å². The number of hydrogen-bond donors (Lipinski definition) is 0. The molecule has 3 heteroatoms. The van der Waals surface area contributed by atoms with E-state index in [4.69, 9.17) is 4.84 Å². The van der Waals surface area contributed by atoms with E-state index in [2.05, 4.69) is 20.8 Å². The summed E-state index contributed by atoms with van der Waals surface area (Å²) in [7, 11) is 0. The lowest BCUT2D eigenvalue weighted by molar-refractivity contribution is -1.10. The van der Waals surface area contributed by atoms with E-state index < -0.39 is 0 Å². The number of nitrogens with zero attached hydrogens (tertiary/aromatic N) is 1. The Morgan fingerprint density at radius 3 is 1.36 bits per heavy atom.